The summed E-state index contributed by atoms with van der Waals surface area (Å²) in [6.07, 6.45) is 5.83. The molecule has 2 heterocycles. The number of aromatic nitrogens is 2. The fourth-order valence-electron chi connectivity index (χ4n) is 2.52. The van der Waals surface area contributed by atoms with Crippen LogP contribution in [0.4, 0.5) is 16.0 Å². The Kier molecular flexibility index (Phi) is 7.54. The van der Waals surface area contributed by atoms with Gasteiger partial charge in [-0.3, -0.25) is 14.6 Å². The molecule has 8 heteroatoms. The molecule has 1 aromatic carbocycles. The van der Waals surface area contributed by atoms with Crippen molar-refractivity contribution in [3.8, 4) is 5.75 Å². The van der Waals surface area contributed by atoms with Crippen molar-refractivity contribution in [1.82, 2.24) is 14.9 Å². The summed E-state index contributed by atoms with van der Waals surface area (Å²) in [5, 5.41) is 2.83. The molecule has 0 saturated carbocycles. The van der Waals surface area contributed by atoms with Crippen LogP contribution in [-0.2, 0) is 4.79 Å². The van der Waals surface area contributed by atoms with Crippen LogP contribution in [-0.4, -0.2) is 41.0 Å². The number of nitrogens with one attached hydrogen (secondary N) is 2. The van der Waals surface area contributed by atoms with Crippen molar-refractivity contribution in [1.29, 1.82) is 0 Å². The Morgan fingerprint density at radius 3 is 2.74 bits per heavy atom. The van der Waals surface area contributed by atoms with Crippen molar-refractivity contribution in [2.75, 3.05) is 25.5 Å². The molecule has 0 unspecified atom stereocenters. The first-order chi connectivity index (χ1) is 13.0. The third-order valence-corrected chi connectivity index (χ3v) is 3.93. The first-order valence-corrected chi connectivity index (χ1v) is 8.60. The molecule has 1 amide bonds. The summed E-state index contributed by atoms with van der Waals surface area (Å²) in [4.78, 5) is 29.8. The predicted octanol–water partition coefficient (Wildman–Crippen LogP) is 2.85. The molecule has 1 saturated heterocycles. The summed E-state index contributed by atoms with van der Waals surface area (Å²) in [6.45, 7) is 5.29. The smallest absolute Gasteiger partial charge is 0.288 e. The maximum Gasteiger partial charge on any atom is 0.288 e. The lowest BCUT2D eigenvalue weighted by Crippen LogP contribution is -2.34. The van der Waals surface area contributed by atoms with Crippen molar-refractivity contribution in [3.63, 3.8) is 0 Å². The number of benzene rings is 1. The van der Waals surface area contributed by atoms with E-state index in [1.807, 2.05) is 4.90 Å². The maximum absolute atomic E-state index is 12.7. The van der Waals surface area contributed by atoms with Crippen LogP contribution >= 0.6 is 0 Å². The van der Waals surface area contributed by atoms with Gasteiger partial charge in [0.2, 0.25) is 17.7 Å². The highest BCUT2D eigenvalue weighted by Gasteiger charge is 2.12. The van der Waals surface area contributed by atoms with Gasteiger partial charge in [0.25, 0.3) is 5.56 Å². The quantitative estimate of drug-likeness (QED) is 0.804. The summed E-state index contributed by atoms with van der Waals surface area (Å²) in [5.41, 5.74) is -0.135. The summed E-state index contributed by atoms with van der Waals surface area (Å²) in [7, 11) is 1.55. The largest absolute Gasteiger partial charge is 0.497 e. The molecule has 7 nitrogen and oxygen atoms in total. The van der Waals surface area contributed by atoms with Gasteiger partial charge in [0.1, 0.15) is 5.75 Å². The molecule has 0 radical (unpaired) electrons. The molecular weight excluding hydrogens is 351 g/mol. The topological polar surface area (TPSA) is 87.3 Å². The van der Waals surface area contributed by atoms with Gasteiger partial charge in [-0.15, -0.1) is 0 Å². The number of hydrogen-bond donors (Lipinski definition) is 2. The molecular formula is C19H23FN4O3. The van der Waals surface area contributed by atoms with Crippen molar-refractivity contribution < 1.29 is 13.9 Å². The minimum absolute atomic E-state index is 0.0831. The number of anilines is 2. The first kappa shape index (κ1) is 20.2. The van der Waals surface area contributed by atoms with Crippen LogP contribution < -0.4 is 15.6 Å². The average Bonchev–Trinajstić information content (AvgIpc) is 2.71. The number of rotatable bonds is 4. The van der Waals surface area contributed by atoms with E-state index in [9.17, 15) is 14.0 Å². The van der Waals surface area contributed by atoms with Gasteiger partial charge in [0, 0.05) is 24.8 Å². The zero-order chi connectivity index (χ0) is 19.6. The Morgan fingerprint density at radius 1 is 1.37 bits per heavy atom. The fourth-order valence-corrected chi connectivity index (χ4v) is 2.52. The highest BCUT2D eigenvalue weighted by Crippen LogP contribution is 2.18. The number of likely N-dealkylation sites (tertiary alicyclic amines) is 1. The molecule has 2 N–H and O–H groups in total. The van der Waals surface area contributed by atoms with Gasteiger partial charge in [-0.05, 0) is 37.5 Å². The normalized spacial score (nSPS) is 13.2. The van der Waals surface area contributed by atoms with E-state index in [1.54, 1.807) is 31.4 Å². The molecule has 0 atom stereocenters. The second-order valence-electron chi connectivity index (χ2n) is 5.86. The number of carbonyl (C=O) groups excluding carboxylic acids is 1. The summed E-state index contributed by atoms with van der Waals surface area (Å²) >= 11 is 0. The molecule has 2 aromatic rings. The monoisotopic (exact) mass is 374 g/mol. The van der Waals surface area contributed by atoms with Crippen LogP contribution in [0.5, 0.6) is 5.75 Å². The third-order valence-electron chi connectivity index (χ3n) is 3.93. The molecule has 144 valence electrons. The highest BCUT2D eigenvalue weighted by atomic mass is 19.1. The molecule has 1 fully saturated rings. The molecule has 1 aliphatic heterocycles. The average molecular weight is 374 g/mol. The number of piperidine rings is 1. The lowest BCUT2D eigenvalue weighted by molar-refractivity contribution is -0.126. The molecule has 1 aliphatic rings. The van der Waals surface area contributed by atoms with Crippen molar-refractivity contribution in [3.05, 3.63) is 59.3 Å². The van der Waals surface area contributed by atoms with Crippen molar-refractivity contribution in [2.45, 2.75) is 19.3 Å². The summed E-state index contributed by atoms with van der Waals surface area (Å²) in [6, 6.07) is 7.06. The predicted molar refractivity (Wildman–Crippen MR) is 102 cm³/mol. The number of ether oxygens (including phenoxy) is 1. The van der Waals surface area contributed by atoms with Gasteiger partial charge in [-0.2, -0.15) is 4.39 Å². The Labute approximate surface area is 156 Å². The first-order valence-electron chi connectivity index (χ1n) is 8.60. The van der Waals surface area contributed by atoms with E-state index in [2.05, 4.69) is 21.9 Å². The van der Waals surface area contributed by atoms with E-state index < -0.39 is 11.4 Å². The Bertz CT molecular complexity index is 832. The number of H-pyrrole nitrogens is 1. The number of carbonyl (C=O) groups is 1. The molecule has 0 spiro atoms. The lowest BCUT2D eigenvalue weighted by Gasteiger charge is -2.25. The van der Waals surface area contributed by atoms with E-state index in [4.69, 9.17) is 4.74 Å². The molecule has 3 rings (SSSR count). The zero-order valence-electron chi connectivity index (χ0n) is 15.2. The fraction of sp³-hybridized carbons (Fsp3) is 0.316. The molecule has 0 aliphatic carbocycles. The second kappa shape index (κ2) is 10.1. The van der Waals surface area contributed by atoms with E-state index >= 15 is 0 Å². The third kappa shape index (κ3) is 6.25. The zero-order valence-corrected chi connectivity index (χ0v) is 15.2. The second-order valence-corrected chi connectivity index (χ2v) is 5.86. The van der Waals surface area contributed by atoms with Gasteiger partial charge < -0.3 is 15.0 Å². The molecule has 1 aromatic heterocycles. The number of aromatic amines is 1. The van der Waals surface area contributed by atoms with Crippen molar-refractivity contribution in [2.24, 2.45) is 0 Å². The maximum atomic E-state index is 12.7. The standard InChI is InChI=1S/C11H10FN3O2.C8H13NO/c1-17-8-4-2-3-7(5-8)14-11-13-6-9(12)10(16)15-11;1-2-8(10)9-6-4-3-5-7-9/h2-6H,1H3,(H2,13,14,15,16);2H,1,3-7H2. The lowest BCUT2D eigenvalue weighted by atomic mass is 10.1. The van der Waals surface area contributed by atoms with Crippen LogP contribution in [0.25, 0.3) is 0 Å². The van der Waals surface area contributed by atoms with Crippen LogP contribution in [0.2, 0.25) is 0 Å². The van der Waals surface area contributed by atoms with E-state index in [-0.39, 0.29) is 11.9 Å². The molecule has 0 bridgehead atoms. The Balaban J connectivity index is 0.000000223. The van der Waals surface area contributed by atoms with Crippen LogP contribution in [0.15, 0.2) is 47.9 Å². The van der Waals surface area contributed by atoms with Gasteiger partial charge in [-0.1, -0.05) is 12.6 Å². The minimum Gasteiger partial charge on any atom is -0.497 e. The van der Waals surface area contributed by atoms with Crippen LogP contribution in [0, 0.1) is 5.82 Å². The van der Waals surface area contributed by atoms with Crippen molar-refractivity contribution >= 4 is 17.5 Å². The van der Waals surface area contributed by atoms with Gasteiger partial charge in [0.15, 0.2) is 0 Å². The van der Waals surface area contributed by atoms with Gasteiger partial charge >= 0.3 is 0 Å². The number of amides is 1. The summed E-state index contributed by atoms with van der Waals surface area (Å²) < 4.78 is 17.7. The van der Waals surface area contributed by atoms with Crippen LogP contribution in [0.3, 0.4) is 0 Å². The number of methoxy groups -OCH3 is 1. The number of halogens is 1. The SMILES string of the molecule is C=CC(=O)N1CCCCC1.COc1cccc(Nc2ncc(F)c(=O)[nH]2)c1. The Morgan fingerprint density at radius 2 is 2.11 bits per heavy atom. The summed E-state index contributed by atoms with van der Waals surface area (Å²) in [5.74, 6) is 0.00463. The Hall–Kier alpha value is -3.16. The minimum atomic E-state index is -0.916. The van der Waals surface area contributed by atoms with E-state index in [1.165, 1.54) is 12.5 Å². The number of nitrogens with zero attached hydrogens (tertiary/aromatic N) is 2. The van der Waals surface area contributed by atoms with Gasteiger partial charge in [0.05, 0.1) is 13.3 Å². The van der Waals surface area contributed by atoms with E-state index in [0.29, 0.717) is 11.4 Å². The molecule has 27 heavy (non-hydrogen) atoms. The highest BCUT2D eigenvalue weighted by molar-refractivity contribution is 5.87. The van der Waals surface area contributed by atoms with Crippen LogP contribution in [0.1, 0.15) is 19.3 Å². The number of hydrogen-bond acceptors (Lipinski definition) is 5. The van der Waals surface area contributed by atoms with E-state index in [0.717, 1.165) is 32.1 Å². The van der Waals surface area contributed by atoms with Gasteiger partial charge in [-0.25, -0.2) is 4.98 Å².